The van der Waals surface area contributed by atoms with Gasteiger partial charge in [0, 0.05) is 19.0 Å². The van der Waals surface area contributed by atoms with E-state index in [2.05, 4.69) is 42.2 Å². The fourth-order valence-electron chi connectivity index (χ4n) is 8.52. The number of anilines is 1. The Bertz CT molecular complexity index is 2170. The number of nitrogen functional groups attached to an aromatic ring is 1. The van der Waals surface area contributed by atoms with E-state index in [9.17, 15) is 48.6 Å². The second-order valence-corrected chi connectivity index (χ2v) is 23.6. The van der Waals surface area contributed by atoms with Crippen LogP contribution < -0.4 is 11.4 Å². The summed E-state index contributed by atoms with van der Waals surface area (Å²) in [6, 6.07) is 1.24. The number of phosphoric ester groups is 2. The maximum atomic E-state index is 12.9. The number of carbonyl (C=O) groups excluding carboxylic acids is 2. The molecule has 0 spiro atoms. The number of rotatable bonds is 48. The van der Waals surface area contributed by atoms with Crippen LogP contribution in [0.4, 0.5) is 5.82 Å². The molecule has 0 saturated carbocycles. The summed E-state index contributed by atoms with van der Waals surface area (Å²) in [5.74, 6) is -0.559. The van der Waals surface area contributed by atoms with Gasteiger partial charge in [0.1, 0.15) is 30.7 Å². The van der Waals surface area contributed by atoms with Gasteiger partial charge in [-0.3, -0.25) is 23.2 Å². The van der Waals surface area contributed by atoms with Gasteiger partial charge in [-0.1, -0.05) is 216 Å². The third-order valence-electron chi connectivity index (χ3n) is 13.4. The average Bonchev–Trinajstić information content (AvgIpc) is 3.74. The van der Waals surface area contributed by atoms with Crippen LogP contribution in [-0.2, 0) is 46.3 Å². The Kier molecular flexibility index (Phi) is 40.4. The lowest BCUT2D eigenvalue weighted by Crippen LogP contribution is -2.36. The minimum Gasteiger partial charge on any atom is -0.462 e. The topological polar surface area (TPSA) is 286 Å². The maximum Gasteiger partial charge on any atom is 0.481 e. The number of ether oxygens (including phenoxy) is 3. The third kappa shape index (κ3) is 36.6. The summed E-state index contributed by atoms with van der Waals surface area (Å²) in [6.45, 7) is 4.31. The van der Waals surface area contributed by atoms with E-state index >= 15 is 0 Å². The van der Waals surface area contributed by atoms with E-state index in [4.69, 9.17) is 29.0 Å². The van der Waals surface area contributed by atoms with Crippen molar-refractivity contribution in [2.24, 2.45) is 5.92 Å². The Morgan fingerprint density at radius 2 is 1.26 bits per heavy atom. The summed E-state index contributed by atoms with van der Waals surface area (Å²) >= 11 is 0. The van der Waals surface area contributed by atoms with Crippen molar-refractivity contribution in [1.82, 2.24) is 9.55 Å². The van der Waals surface area contributed by atoms with E-state index < -0.39 is 89.8 Å². The van der Waals surface area contributed by atoms with Crippen LogP contribution in [0.3, 0.4) is 0 Å². The Balaban J connectivity index is 1.78. The van der Waals surface area contributed by atoms with E-state index in [1.54, 1.807) is 12.2 Å². The first-order valence-electron chi connectivity index (χ1n) is 29.5. The lowest BCUT2D eigenvalue weighted by atomic mass is 9.99. The Morgan fingerprint density at radius 1 is 0.713 bits per heavy atom. The van der Waals surface area contributed by atoms with Crippen LogP contribution in [-0.4, -0.2) is 96.9 Å². The van der Waals surface area contributed by atoms with Crippen LogP contribution in [0.5, 0.6) is 0 Å². The number of hydrogen-bond acceptors (Lipinski definition) is 16. The van der Waals surface area contributed by atoms with Gasteiger partial charge in [0.05, 0.1) is 19.3 Å². The summed E-state index contributed by atoms with van der Waals surface area (Å²) in [6.07, 6.45) is 44.4. The minimum atomic E-state index is -5.46. The second-order valence-electron chi connectivity index (χ2n) is 20.6. The molecule has 21 heteroatoms. The van der Waals surface area contributed by atoms with E-state index in [0.29, 0.717) is 25.7 Å². The van der Waals surface area contributed by atoms with Gasteiger partial charge in [-0.15, -0.1) is 0 Å². The van der Waals surface area contributed by atoms with E-state index in [1.807, 2.05) is 48.6 Å². The van der Waals surface area contributed by atoms with E-state index in [-0.39, 0.29) is 25.1 Å². The lowest BCUT2D eigenvalue weighted by Gasteiger charge is -2.21. The molecule has 1 aliphatic heterocycles. The van der Waals surface area contributed by atoms with Gasteiger partial charge >= 0.3 is 33.3 Å². The van der Waals surface area contributed by atoms with Crippen LogP contribution in [0.1, 0.15) is 207 Å². The molecule has 0 radical (unpaired) electrons. The van der Waals surface area contributed by atoms with Gasteiger partial charge in [0.25, 0.3) is 0 Å². The van der Waals surface area contributed by atoms with E-state index in [1.165, 1.54) is 102 Å². The maximum absolute atomic E-state index is 12.9. The smallest absolute Gasteiger partial charge is 0.462 e. The number of hydrogen-bond donors (Lipinski definition) is 6. The normalized spacial score (nSPS) is 19.7. The molecule has 1 saturated heterocycles. The Morgan fingerprint density at radius 3 is 1.86 bits per heavy atom. The van der Waals surface area contributed by atoms with Gasteiger partial charge in [-0.2, -0.15) is 9.29 Å². The molecule has 80 heavy (non-hydrogen) atoms. The fourth-order valence-corrected chi connectivity index (χ4v) is 10.6. The largest absolute Gasteiger partial charge is 0.481 e. The SMILES string of the molecule is CC/C=C\C/C=C\CC(O)/C=C/C=C\C/C=C\C/C=C\CCC(=O)O[C@H](COC(=O)CCCCCCCCCCCCCCCCCCCCC(C)CC)COP(=O)(O)OP(=O)(O)OC[C@H]1O[C@@H](n2ccc(N)nc2=O)[C@H](O)[C@@H]1O. The molecule has 7 N–H and O–H groups in total. The van der Waals surface area contributed by atoms with Gasteiger partial charge in [-0.05, 0) is 56.9 Å². The van der Waals surface area contributed by atoms with Crippen molar-refractivity contribution in [3.8, 4) is 0 Å². The highest BCUT2D eigenvalue weighted by atomic mass is 31.3. The van der Waals surface area contributed by atoms with Gasteiger partial charge in [0.15, 0.2) is 12.3 Å². The molecule has 1 fully saturated rings. The molecule has 2 rings (SSSR count). The van der Waals surface area contributed by atoms with Crippen LogP contribution in [0.25, 0.3) is 0 Å². The van der Waals surface area contributed by atoms with Crippen molar-refractivity contribution in [2.45, 2.75) is 237 Å². The monoisotopic (exact) mass is 1170 g/mol. The molecule has 9 atom stereocenters. The van der Waals surface area contributed by atoms with Gasteiger partial charge in [0.2, 0.25) is 0 Å². The summed E-state index contributed by atoms with van der Waals surface area (Å²) in [7, 11) is -10.9. The summed E-state index contributed by atoms with van der Waals surface area (Å²) < 4.78 is 56.9. The quantitative estimate of drug-likeness (QED) is 0.0116. The van der Waals surface area contributed by atoms with Gasteiger partial charge in [-0.25, -0.2) is 13.9 Å². The second kappa shape index (κ2) is 44.7. The molecule has 1 aromatic heterocycles. The average molecular weight is 1170 g/mol. The predicted molar refractivity (Wildman–Crippen MR) is 313 cm³/mol. The standard InChI is InChI=1S/C59H99N3O16P2/c1-4-6-7-8-30-35-40-50(63)41-36-31-26-22-19-20-24-28-33-38-43-55(65)76-51(46-73-54(64)42-37-32-27-23-18-16-14-12-10-9-11-13-15-17-21-25-29-34-39-49(3)5-2)47-74-79(69,70)78-80(71,72)75-48-52-56(66)57(67)58(77-52)62-45-44-53(60)61-59(62)68/h6-7,19-20,26,28,30-31,33,35-36,41,44-45,49-52,56-58,63,66-67H,4-5,8-18,21-25,27,29,32,34,37-40,42-43,46-48H2,1-3H3,(H,69,70)(H,71,72)(H2,60,61,68)/b7-6-,20-19-,31-26-,33-28-,35-30-,41-36+/t49?,50?,51-,52-,56-,57-,58-/m1/s1. The number of aromatic nitrogens is 2. The molecule has 1 aromatic rings. The Hall–Kier alpha value is -3.84. The molecule has 19 nitrogen and oxygen atoms in total. The van der Waals surface area contributed by atoms with Crippen LogP contribution in [0, 0.1) is 5.92 Å². The summed E-state index contributed by atoms with van der Waals surface area (Å²) in [5.41, 5.74) is 4.59. The molecular weight excluding hydrogens is 1070 g/mol. The summed E-state index contributed by atoms with van der Waals surface area (Å²) in [4.78, 5) is 62.1. The van der Waals surface area contributed by atoms with Crippen LogP contribution in [0.15, 0.2) is 90.0 Å². The number of unbranched alkanes of at least 4 members (excludes halogenated alkanes) is 17. The first-order valence-corrected chi connectivity index (χ1v) is 32.4. The van der Waals surface area contributed by atoms with Crippen molar-refractivity contribution in [1.29, 1.82) is 0 Å². The number of nitrogens with two attached hydrogens (primary N) is 1. The molecule has 0 bridgehead atoms. The Labute approximate surface area is 477 Å². The number of phosphoric acid groups is 2. The fraction of sp³-hybridized carbons (Fsp3) is 0.695. The molecule has 0 aromatic carbocycles. The molecule has 0 aliphatic carbocycles. The highest BCUT2D eigenvalue weighted by Crippen LogP contribution is 2.60. The molecule has 1 aliphatic rings. The van der Waals surface area contributed by atoms with Crippen molar-refractivity contribution < 1.29 is 71.4 Å². The van der Waals surface area contributed by atoms with Crippen LogP contribution in [0.2, 0.25) is 0 Å². The predicted octanol–water partition coefficient (Wildman–Crippen LogP) is 12.4. The first kappa shape index (κ1) is 72.3. The number of aliphatic hydroxyl groups excluding tert-OH is 3. The highest BCUT2D eigenvalue weighted by molar-refractivity contribution is 7.61. The molecule has 0 amide bonds. The molecular formula is C59H99N3O16P2. The zero-order chi connectivity index (χ0) is 58.7. The minimum absolute atomic E-state index is 0.0998. The van der Waals surface area contributed by atoms with Crippen molar-refractivity contribution >= 4 is 33.4 Å². The van der Waals surface area contributed by atoms with Crippen LogP contribution >= 0.6 is 15.6 Å². The van der Waals surface area contributed by atoms with E-state index in [0.717, 1.165) is 55.2 Å². The van der Waals surface area contributed by atoms with Crippen molar-refractivity contribution in [3.63, 3.8) is 0 Å². The lowest BCUT2D eigenvalue weighted by molar-refractivity contribution is -0.161. The number of nitrogens with zero attached hydrogens (tertiary/aromatic N) is 2. The zero-order valence-corrected chi connectivity index (χ0v) is 49.9. The first-order chi connectivity index (χ1) is 38.5. The molecule has 4 unspecified atom stereocenters. The summed E-state index contributed by atoms with van der Waals surface area (Å²) in [5, 5.41) is 31.0. The molecule has 2 heterocycles. The number of allylic oxidation sites excluding steroid dienone is 10. The number of esters is 2. The van der Waals surface area contributed by atoms with Crippen molar-refractivity contribution in [3.05, 3.63) is 95.7 Å². The highest BCUT2D eigenvalue weighted by Gasteiger charge is 2.46. The third-order valence-corrected chi connectivity index (χ3v) is 16.0. The number of carbonyl (C=O) groups is 2. The molecule has 456 valence electrons. The number of aliphatic hydroxyl groups is 3. The van der Waals surface area contributed by atoms with Crippen molar-refractivity contribution in [2.75, 3.05) is 25.6 Å². The van der Waals surface area contributed by atoms with Gasteiger partial charge < -0.3 is 45.1 Å². The zero-order valence-electron chi connectivity index (χ0n) is 48.1.